The van der Waals surface area contributed by atoms with Crippen LogP contribution < -0.4 is 15.5 Å². The Hall–Kier alpha value is -3.64. The van der Waals surface area contributed by atoms with E-state index < -0.39 is 39.9 Å². The van der Waals surface area contributed by atoms with Gasteiger partial charge in [0.1, 0.15) is 0 Å². The van der Waals surface area contributed by atoms with Crippen molar-refractivity contribution in [3.05, 3.63) is 69.8 Å². The van der Waals surface area contributed by atoms with Crippen molar-refractivity contribution in [3.63, 3.8) is 0 Å². The summed E-state index contributed by atoms with van der Waals surface area (Å²) in [5.74, 6) is -1.37. The van der Waals surface area contributed by atoms with E-state index in [0.717, 1.165) is 5.56 Å². The van der Waals surface area contributed by atoms with Crippen molar-refractivity contribution in [1.82, 2.24) is 15.5 Å². The number of nitrogens with zero attached hydrogens (tertiary/aromatic N) is 2. The number of hydrazone groups is 1. The maximum atomic E-state index is 12.1. The Kier molecular flexibility index (Phi) is 7.72. The number of aryl methyl sites for hydroxylation is 1. The number of benzene rings is 2. The van der Waals surface area contributed by atoms with E-state index in [1.165, 1.54) is 36.5 Å². The first kappa shape index (κ1) is 22.6. The number of nitro benzene ring substituents is 1. The lowest BCUT2D eigenvalue weighted by atomic mass is 10.2. The van der Waals surface area contributed by atoms with Crippen LogP contribution in [0.4, 0.5) is 5.69 Å². The highest BCUT2D eigenvalue weighted by Crippen LogP contribution is 2.11. The van der Waals surface area contributed by atoms with E-state index in [1.807, 2.05) is 6.92 Å². The third kappa shape index (κ3) is 7.07. The van der Waals surface area contributed by atoms with Gasteiger partial charge in [-0.3, -0.25) is 19.7 Å². The molecule has 0 heterocycles. The zero-order valence-electron chi connectivity index (χ0n) is 15.9. The number of non-ortho nitro benzene ring substituents is 1. The third-order valence-electron chi connectivity index (χ3n) is 3.68. The van der Waals surface area contributed by atoms with Crippen LogP contribution in [0.5, 0.6) is 0 Å². The second kappa shape index (κ2) is 10.2. The lowest BCUT2D eigenvalue weighted by Crippen LogP contribution is -2.41. The second-order valence-corrected chi connectivity index (χ2v) is 7.83. The van der Waals surface area contributed by atoms with Gasteiger partial charge in [0.25, 0.3) is 11.6 Å². The summed E-state index contributed by atoms with van der Waals surface area (Å²) < 4.78 is 26.3. The fourth-order valence-corrected chi connectivity index (χ4v) is 3.12. The van der Waals surface area contributed by atoms with Crippen LogP contribution in [-0.4, -0.2) is 44.5 Å². The van der Waals surface area contributed by atoms with E-state index in [9.17, 15) is 28.1 Å². The molecular weight excluding hydrogens is 414 g/mol. The summed E-state index contributed by atoms with van der Waals surface area (Å²) in [6, 6.07) is 11.7. The summed E-state index contributed by atoms with van der Waals surface area (Å²) in [7, 11) is -3.85. The molecule has 0 aromatic heterocycles. The molecule has 30 heavy (non-hydrogen) atoms. The SMILES string of the molecule is Cc1ccc(S(=O)(=O)NCC(=O)NCC(=O)N/N=C/c2cccc([N+](=O)[O-])c2)cc1. The zero-order chi connectivity index (χ0) is 22.1. The topological polar surface area (TPSA) is 160 Å². The Balaban J connectivity index is 1.76. The van der Waals surface area contributed by atoms with Crippen molar-refractivity contribution >= 4 is 33.7 Å². The largest absolute Gasteiger partial charge is 0.346 e. The van der Waals surface area contributed by atoms with Crippen molar-refractivity contribution < 1.29 is 22.9 Å². The molecule has 0 bridgehead atoms. The molecule has 2 rings (SSSR count). The highest BCUT2D eigenvalue weighted by molar-refractivity contribution is 7.89. The van der Waals surface area contributed by atoms with E-state index in [-0.39, 0.29) is 10.6 Å². The number of carbonyl (C=O) groups excluding carboxylic acids is 2. The molecule has 0 aliphatic rings. The predicted octanol–water partition coefficient (Wildman–Crippen LogP) is 0.448. The van der Waals surface area contributed by atoms with Gasteiger partial charge in [0.15, 0.2) is 0 Å². The van der Waals surface area contributed by atoms with E-state index in [1.54, 1.807) is 18.2 Å². The fraction of sp³-hybridized carbons (Fsp3) is 0.167. The normalized spacial score (nSPS) is 11.2. The van der Waals surface area contributed by atoms with Crippen LogP contribution >= 0.6 is 0 Å². The van der Waals surface area contributed by atoms with Gasteiger partial charge in [-0.25, -0.2) is 18.6 Å². The molecule has 11 nitrogen and oxygen atoms in total. The van der Waals surface area contributed by atoms with Gasteiger partial charge in [-0.2, -0.15) is 5.10 Å². The van der Waals surface area contributed by atoms with Crippen molar-refractivity contribution in [2.24, 2.45) is 5.10 Å². The van der Waals surface area contributed by atoms with Crippen LogP contribution in [0.25, 0.3) is 0 Å². The number of sulfonamides is 1. The monoisotopic (exact) mass is 433 g/mol. The number of hydrogen-bond acceptors (Lipinski definition) is 7. The molecule has 0 fully saturated rings. The molecule has 2 aromatic rings. The summed E-state index contributed by atoms with van der Waals surface area (Å²) in [6.45, 7) is 0.841. The molecule has 0 saturated heterocycles. The maximum absolute atomic E-state index is 12.1. The average molecular weight is 433 g/mol. The van der Waals surface area contributed by atoms with E-state index >= 15 is 0 Å². The smallest absolute Gasteiger partial charge is 0.270 e. The van der Waals surface area contributed by atoms with Gasteiger partial charge in [-0.15, -0.1) is 0 Å². The second-order valence-electron chi connectivity index (χ2n) is 6.06. The van der Waals surface area contributed by atoms with Crippen LogP contribution in [0, 0.1) is 17.0 Å². The quantitative estimate of drug-likeness (QED) is 0.296. The highest BCUT2D eigenvalue weighted by atomic mass is 32.2. The van der Waals surface area contributed by atoms with Crippen molar-refractivity contribution in [3.8, 4) is 0 Å². The molecule has 0 radical (unpaired) electrons. The van der Waals surface area contributed by atoms with Crippen molar-refractivity contribution in [2.45, 2.75) is 11.8 Å². The molecule has 0 aliphatic carbocycles. The fourth-order valence-electron chi connectivity index (χ4n) is 2.14. The number of carbonyl (C=O) groups is 2. The summed E-state index contributed by atoms with van der Waals surface area (Å²) in [5.41, 5.74) is 3.32. The lowest BCUT2D eigenvalue weighted by molar-refractivity contribution is -0.384. The van der Waals surface area contributed by atoms with Gasteiger partial charge < -0.3 is 5.32 Å². The number of hydrogen-bond donors (Lipinski definition) is 3. The molecule has 0 unspecified atom stereocenters. The molecular formula is C18H19N5O6S. The van der Waals surface area contributed by atoms with E-state index in [2.05, 4.69) is 20.6 Å². The average Bonchev–Trinajstić information content (AvgIpc) is 2.71. The first-order valence-corrected chi connectivity index (χ1v) is 10.0. The number of nitro groups is 1. The Morgan fingerprint density at radius 3 is 2.47 bits per heavy atom. The number of rotatable bonds is 9. The van der Waals surface area contributed by atoms with Crippen LogP contribution in [0.15, 0.2) is 58.5 Å². The van der Waals surface area contributed by atoms with E-state index in [4.69, 9.17) is 0 Å². The maximum Gasteiger partial charge on any atom is 0.270 e. The van der Waals surface area contributed by atoms with Crippen LogP contribution in [0.1, 0.15) is 11.1 Å². The molecule has 0 saturated carbocycles. The minimum Gasteiger partial charge on any atom is -0.346 e. The van der Waals surface area contributed by atoms with Crippen molar-refractivity contribution in [1.29, 1.82) is 0 Å². The van der Waals surface area contributed by atoms with Gasteiger partial charge in [0.2, 0.25) is 15.9 Å². The summed E-state index contributed by atoms with van der Waals surface area (Å²) in [6.07, 6.45) is 1.21. The molecule has 0 spiro atoms. The third-order valence-corrected chi connectivity index (χ3v) is 5.10. The standard InChI is InChI=1S/C18H19N5O6S/c1-13-5-7-16(8-6-13)30(28,29)21-12-17(24)19-11-18(25)22-20-10-14-3-2-4-15(9-14)23(26)27/h2-10,21H,11-12H2,1H3,(H,19,24)(H,22,25)/b20-10+. The van der Waals surface area contributed by atoms with Gasteiger partial charge >= 0.3 is 0 Å². The number of nitrogens with one attached hydrogen (secondary N) is 3. The van der Waals surface area contributed by atoms with Gasteiger partial charge in [0, 0.05) is 17.7 Å². The van der Waals surface area contributed by atoms with Gasteiger partial charge in [-0.1, -0.05) is 29.8 Å². The number of amides is 2. The molecule has 2 amide bonds. The van der Waals surface area contributed by atoms with Crippen LogP contribution in [0.3, 0.4) is 0 Å². The minimum absolute atomic E-state index is 0.0223. The van der Waals surface area contributed by atoms with E-state index in [0.29, 0.717) is 5.56 Å². The molecule has 0 atom stereocenters. The molecule has 3 N–H and O–H groups in total. The Morgan fingerprint density at radius 1 is 1.10 bits per heavy atom. The first-order valence-electron chi connectivity index (χ1n) is 8.57. The Morgan fingerprint density at radius 2 is 1.80 bits per heavy atom. The lowest BCUT2D eigenvalue weighted by Gasteiger charge is -2.07. The molecule has 12 heteroatoms. The summed E-state index contributed by atoms with van der Waals surface area (Å²) >= 11 is 0. The first-order chi connectivity index (χ1) is 14.2. The van der Waals surface area contributed by atoms with Gasteiger partial charge in [0.05, 0.1) is 29.1 Å². The van der Waals surface area contributed by atoms with Crippen molar-refractivity contribution in [2.75, 3.05) is 13.1 Å². The molecule has 0 aliphatic heterocycles. The molecule has 158 valence electrons. The summed E-state index contributed by atoms with van der Waals surface area (Å²) in [5, 5.41) is 16.6. The minimum atomic E-state index is -3.85. The van der Waals surface area contributed by atoms with Crippen LogP contribution in [-0.2, 0) is 19.6 Å². The zero-order valence-corrected chi connectivity index (χ0v) is 16.7. The summed E-state index contributed by atoms with van der Waals surface area (Å²) in [4.78, 5) is 33.6. The molecule has 2 aromatic carbocycles. The highest BCUT2D eigenvalue weighted by Gasteiger charge is 2.15. The van der Waals surface area contributed by atoms with Gasteiger partial charge in [-0.05, 0) is 19.1 Å². The van der Waals surface area contributed by atoms with Crippen LogP contribution in [0.2, 0.25) is 0 Å². The Bertz CT molecular complexity index is 1070. The predicted molar refractivity (Wildman–Crippen MR) is 108 cm³/mol. The Labute approximate surface area is 172 Å².